The molecule has 0 saturated heterocycles. The van der Waals surface area contributed by atoms with Gasteiger partial charge in [-0.3, -0.25) is 9.59 Å². The van der Waals surface area contributed by atoms with Crippen LogP contribution in [0.4, 0.5) is 0 Å². The SMILES string of the molecule is CS(=O)(=O)c1ccc(Sc2ccccc2C(=O)ON2C(=O)c3ccccc3C2=O)cc1. The van der Waals surface area contributed by atoms with Gasteiger partial charge in [-0.05, 0) is 48.5 Å². The molecular formula is C22H15NO6S2. The third-order valence-corrected chi connectivity index (χ3v) is 6.73. The maximum absolute atomic E-state index is 12.8. The molecule has 0 aromatic heterocycles. The van der Waals surface area contributed by atoms with E-state index < -0.39 is 27.6 Å². The number of fused-ring (bicyclic) bond motifs is 1. The molecule has 0 radical (unpaired) electrons. The Hall–Kier alpha value is -3.43. The van der Waals surface area contributed by atoms with Gasteiger partial charge in [0.15, 0.2) is 9.84 Å². The summed E-state index contributed by atoms with van der Waals surface area (Å²) in [7, 11) is -3.31. The van der Waals surface area contributed by atoms with Crippen molar-refractivity contribution in [1.29, 1.82) is 0 Å². The molecule has 9 heteroatoms. The maximum Gasteiger partial charge on any atom is 0.365 e. The van der Waals surface area contributed by atoms with Crippen molar-refractivity contribution in [2.24, 2.45) is 0 Å². The summed E-state index contributed by atoms with van der Waals surface area (Å²) < 4.78 is 23.2. The van der Waals surface area contributed by atoms with Crippen LogP contribution in [0.25, 0.3) is 0 Å². The largest absolute Gasteiger partial charge is 0.365 e. The van der Waals surface area contributed by atoms with Gasteiger partial charge in [-0.15, -0.1) is 0 Å². The first-order valence-corrected chi connectivity index (χ1v) is 11.7. The van der Waals surface area contributed by atoms with Gasteiger partial charge in [0.2, 0.25) is 0 Å². The average Bonchev–Trinajstić information content (AvgIpc) is 2.99. The van der Waals surface area contributed by atoms with Crippen LogP contribution < -0.4 is 0 Å². The molecule has 0 N–H and O–H groups in total. The van der Waals surface area contributed by atoms with E-state index in [1.807, 2.05) is 0 Å². The number of sulfone groups is 1. The van der Waals surface area contributed by atoms with Gasteiger partial charge >= 0.3 is 5.97 Å². The number of amides is 2. The lowest BCUT2D eigenvalue weighted by molar-refractivity contribution is -0.0586. The van der Waals surface area contributed by atoms with E-state index in [9.17, 15) is 22.8 Å². The summed E-state index contributed by atoms with van der Waals surface area (Å²) in [6.45, 7) is 0. The molecule has 0 fully saturated rings. The number of hydrogen-bond acceptors (Lipinski definition) is 7. The summed E-state index contributed by atoms with van der Waals surface area (Å²) in [5.41, 5.74) is 0.513. The second-order valence-corrected chi connectivity index (χ2v) is 9.80. The zero-order valence-corrected chi connectivity index (χ0v) is 17.8. The molecule has 0 aliphatic carbocycles. The molecule has 1 heterocycles. The molecule has 1 aliphatic rings. The van der Waals surface area contributed by atoms with Crippen LogP contribution in [0.5, 0.6) is 0 Å². The number of rotatable bonds is 5. The number of carbonyl (C=O) groups is 3. The average molecular weight is 453 g/mol. The maximum atomic E-state index is 12.8. The number of benzene rings is 3. The van der Waals surface area contributed by atoms with E-state index >= 15 is 0 Å². The Balaban J connectivity index is 1.56. The van der Waals surface area contributed by atoms with Gasteiger partial charge in [0.25, 0.3) is 11.8 Å². The first kappa shape index (κ1) is 20.8. The Morgan fingerprint density at radius 1 is 0.839 bits per heavy atom. The molecule has 4 rings (SSSR count). The predicted molar refractivity (Wildman–Crippen MR) is 112 cm³/mol. The van der Waals surface area contributed by atoms with E-state index in [2.05, 4.69) is 0 Å². The lowest BCUT2D eigenvalue weighted by atomic mass is 10.1. The highest BCUT2D eigenvalue weighted by Gasteiger charge is 2.39. The highest BCUT2D eigenvalue weighted by Crippen LogP contribution is 2.32. The van der Waals surface area contributed by atoms with E-state index in [1.54, 1.807) is 42.5 Å². The van der Waals surface area contributed by atoms with Crippen molar-refractivity contribution in [2.45, 2.75) is 14.7 Å². The van der Waals surface area contributed by atoms with Crippen LogP contribution in [0.3, 0.4) is 0 Å². The molecule has 1 aliphatic heterocycles. The molecule has 0 bridgehead atoms. The van der Waals surface area contributed by atoms with Crippen LogP contribution in [0.2, 0.25) is 0 Å². The van der Waals surface area contributed by atoms with E-state index in [4.69, 9.17) is 4.84 Å². The molecule has 0 saturated carbocycles. The van der Waals surface area contributed by atoms with Gasteiger partial charge in [0.05, 0.1) is 21.6 Å². The summed E-state index contributed by atoms with van der Waals surface area (Å²) in [6, 6.07) is 19.0. The standard InChI is InChI=1S/C22H15NO6S2/c1-31(27,28)15-12-10-14(11-13-15)30-19-9-5-4-8-18(19)22(26)29-23-20(24)16-6-2-3-7-17(16)21(23)25/h2-13H,1H3. The van der Waals surface area contributed by atoms with Crippen molar-refractivity contribution in [3.05, 3.63) is 89.5 Å². The monoisotopic (exact) mass is 453 g/mol. The Kier molecular flexibility index (Phi) is 5.38. The van der Waals surface area contributed by atoms with Crippen molar-refractivity contribution in [3.8, 4) is 0 Å². The second kappa shape index (κ2) is 8.01. The quantitative estimate of drug-likeness (QED) is 0.544. The highest BCUT2D eigenvalue weighted by molar-refractivity contribution is 7.99. The molecule has 2 amide bonds. The fourth-order valence-corrected chi connectivity index (χ4v) is 4.55. The number of hydroxylamine groups is 2. The zero-order valence-electron chi connectivity index (χ0n) is 16.1. The van der Waals surface area contributed by atoms with Crippen molar-refractivity contribution >= 4 is 39.4 Å². The van der Waals surface area contributed by atoms with Crippen molar-refractivity contribution in [1.82, 2.24) is 5.06 Å². The summed E-state index contributed by atoms with van der Waals surface area (Å²) >= 11 is 1.22. The highest BCUT2D eigenvalue weighted by atomic mass is 32.2. The Bertz CT molecular complexity index is 1280. The third kappa shape index (κ3) is 4.10. The van der Waals surface area contributed by atoms with Crippen molar-refractivity contribution < 1.29 is 27.6 Å². The van der Waals surface area contributed by atoms with E-state index in [0.29, 0.717) is 14.9 Å². The first-order chi connectivity index (χ1) is 14.8. The topological polar surface area (TPSA) is 97.8 Å². The van der Waals surface area contributed by atoms with Gasteiger partial charge in [0, 0.05) is 16.0 Å². The van der Waals surface area contributed by atoms with Crippen LogP contribution in [-0.4, -0.2) is 37.5 Å². The van der Waals surface area contributed by atoms with Crippen LogP contribution in [0.1, 0.15) is 31.1 Å². The second-order valence-electron chi connectivity index (χ2n) is 6.67. The van der Waals surface area contributed by atoms with E-state index in [1.165, 1.54) is 42.1 Å². The fraction of sp³-hybridized carbons (Fsp3) is 0.0455. The number of hydrogen-bond donors (Lipinski definition) is 0. The summed E-state index contributed by atoms with van der Waals surface area (Å²) in [4.78, 5) is 44.2. The summed E-state index contributed by atoms with van der Waals surface area (Å²) in [5, 5.41) is 0.468. The lowest BCUT2D eigenvalue weighted by Gasteiger charge is -2.14. The first-order valence-electron chi connectivity index (χ1n) is 9.03. The molecule has 0 atom stereocenters. The van der Waals surface area contributed by atoms with Crippen LogP contribution in [0, 0.1) is 0 Å². The normalized spacial score (nSPS) is 13.3. The third-order valence-electron chi connectivity index (χ3n) is 4.52. The van der Waals surface area contributed by atoms with Crippen molar-refractivity contribution in [3.63, 3.8) is 0 Å². The van der Waals surface area contributed by atoms with Gasteiger partial charge in [-0.1, -0.05) is 41.1 Å². The molecule has 3 aromatic rings. The van der Waals surface area contributed by atoms with Gasteiger partial charge in [-0.2, -0.15) is 0 Å². The van der Waals surface area contributed by atoms with E-state index in [-0.39, 0.29) is 21.6 Å². The smallest absolute Gasteiger partial charge is 0.324 e. The summed E-state index contributed by atoms with van der Waals surface area (Å²) in [5.74, 6) is -2.25. The van der Waals surface area contributed by atoms with Crippen LogP contribution >= 0.6 is 11.8 Å². The molecule has 0 spiro atoms. The lowest BCUT2D eigenvalue weighted by Crippen LogP contribution is -2.32. The number of imide groups is 1. The van der Waals surface area contributed by atoms with Crippen LogP contribution in [-0.2, 0) is 14.7 Å². The predicted octanol–water partition coefficient (Wildman–Crippen LogP) is 3.61. The Morgan fingerprint density at radius 3 is 1.97 bits per heavy atom. The van der Waals surface area contributed by atoms with Gasteiger partial charge in [0.1, 0.15) is 0 Å². The molecule has 31 heavy (non-hydrogen) atoms. The Morgan fingerprint density at radius 2 is 1.39 bits per heavy atom. The minimum atomic E-state index is -3.31. The fourth-order valence-electron chi connectivity index (χ4n) is 2.99. The van der Waals surface area contributed by atoms with Crippen LogP contribution in [0.15, 0.2) is 87.5 Å². The Labute approximate surface area is 182 Å². The van der Waals surface area contributed by atoms with E-state index in [0.717, 1.165) is 6.26 Å². The number of nitrogens with zero attached hydrogens (tertiary/aromatic N) is 1. The minimum absolute atomic E-state index is 0.163. The molecule has 156 valence electrons. The number of carbonyl (C=O) groups excluding carboxylic acids is 3. The van der Waals surface area contributed by atoms with Crippen molar-refractivity contribution in [2.75, 3.05) is 6.26 Å². The zero-order chi connectivity index (χ0) is 22.2. The summed E-state index contributed by atoms with van der Waals surface area (Å²) in [6.07, 6.45) is 1.12. The van der Waals surface area contributed by atoms with Gasteiger partial charge in [-0.25, -0.2) is 13.2 Å². The minimum Gasteiger partial charge on any atom is -0.324 e. The molecular weight excluding hydrogens is 438 g/mol. The molecule has 3 aromatic carbocycles. The molecule has 0 unspecified atom stereocenters. The van der Waals surface area contributed by atoms with Gasteiger partial charge < -0.3 is 4.84 Å². The molecule has 7 nitrogen and oxygen atoms in total.